The first-order valence-corrected chi connectivity index (χ1v) is 16.7. The zero-order valence-corrected chi connectivity index (χ0v) is 30.1. The monoisotopic (exact) mass is 729 g/mol. The van der Waals surface area contributed by atoms with E-state index in [-0.39, 0.29) is 11.1 Å². The van der Waals surface area contributed by atoms with Crippen molar-refractivity contribution in [1.29, 1.82) is 0 Å². The first kappa shape index (κ1) is 38.4. The molecule has 2 aliphatic carbocycles. The van der Waals surface area contributed by atoms with E-state index in [1.54, 1.807) is 27.7 Å². The third-order valence-electron chi connectivity index (χ3n) is 10.0. The zero-order chi connectivity index (χ0) is 38.4. The third-order valence-corrected chi connectivity index (χ3v) is 10.0. The maximum absolute atomic E-state index is 14.0. The lowest BCUT2D eigenvalue weighted by molar-refractivity contribution is -0.362. The molecule has 16 nitrogen and oxygen atoms in total. The molecule has 2 aromatic rings. The van der Waals surface area contributed by atoms with Crippen LogP contribution in [0.1, 0.15) is 82.5 Å². The lowest BCUT2D eigenvalue weighted by Crippen LogP contribution is -2.85. The molecule has 5 rings (SSSR count). The molecule has 0 radical (unpaired) electrons. The second kappa shape index (κ2) is 14.0. The van der Waals surface area contributed by atoms with Crippen LogP contribution in [-0.2, 0) is 52.3 Å². The van der Waals surface area contributed by atoms with Crippen LogP contribution in [0.15, 0.2) is 47.5 Å². The molecule has 3 fully saturated rings. The van der Waals surface area contributed by atoms with Crippen LogP contribution in [-0.4, -0.2) is 99.8 Å². The van der Waals surface area contributed by atoms with Gasteiger partial charge in [-0.2, -0.15) is 0 Å². The van der Waals surface area contributed by atoms with Crippen LogP contribution in [0.25, 0.3) is 0 Å². The minimum atomic E-state index is -2.37. The van der Waals surface area contributed by atoms with Crippen LogP contribution in [0, 0.1) is 17.3 Å². The predicted molar refractivity (Wildman–Crippen MR) is 173 cm³/mol. The Labute approximate surface area is 299 Å². The number of hydrogen-bond donors (Lipinski definition) is 1. The number of rotatable bonds is 10. The maximum atomic E-state index is 14.0. The van der Waals surface area contributed by atoms with Gasteiger partial charge >= 0.3 is 35.8 Å². The number of aromatic nitrogens is 1. The topological polar surface area (TPSA) is 213 Å². The van der Waals surface area contributed by atoms with Gasteiger partial charge in [-0.1, -0.05) is 13.8 Å². The van der Waals surface area contributed by atoms with Gasteiger partial charge in [0.2, 0.25) is 0 Å². The number of esters is 6. The van der Waals surface area contributed by atoms with Crippen molar-refractivity contribution in [2.45, 2.75) is 109 Å². The molecule has 2 aromatic heterocycles. The summed E-state index contributed by atoms with van der Waals surface area (Å²) in [6.07, 6.45) is -3.86. The molecule has 3 heterocycles. The van der Waals surface area contributed by atoms with Crippen molar-refractivity contribution in [2.75, 3.05) is 6.61 Å². The lowest BCUT2D eigenvalue weighted by atomic mass is 9.45. The Morgan fingerprint density at radius 2 is 1.50 bits per heavy atom. The second-order valence-corrected chi connectivity index (χ2v) is 14.4. The molecule has 1 N–H and O–H groups in total. The van der Waals surface area contributed by atoms with Gasteiger partial charge in [-0.05, 0) is 39.0 Å². The van der Waals surface area contributed by atoms with Crippen molar-refractivity contribution in [3.63, 3.8) is 0 Å². The van der Waals surface area contributed by atoms with Gasteiger partial charge in [0.25, 0.3) is 0 Å². The number of fused-ring (bicyclic) bond motifs is 1. The van der Waals surface area contributed by atoms with Gasteiger partial charge in [-0.3, -0.25) is 24.2 Å². The number of carbonyl (C=O) groups is 6. The van der Waals surface area contributed by atoms with Crippen molar-refractivity contribution in [1.82, 2.24) is 4.98 Å². The summed E-state index contributed by atoms with van der Waals surface area (Å²) in [5, 5.41) is 12.8. The average molecular weight is 730 g/mol. The first-order valence-electron chi connectivity index (χ1n) is 16.7. The second-order valence-electron chi connectivity index (χ2n) is 14.4. The number of pyridine rings is 1. The van der Waals surface area contributed by atoms with Crippen LogP contribution < -0.4 is 0 Å². The average Bonchev–Trinajstić information content (AvgIpc) is 3.65. The molecule has 1 saturated heterocycles. The minimum absolute atomic E-state index is 0.0499. The number of ether oxygens (including phenoxy) is 7. The first-order chi connectivity index (χ1) is 24.3. The van der Waals surface area contributed by atoms with Crippen molar-refractivity contribution >= 4 is 35.8 Å². The van der Waals surface area contributed by atoms with Crippen LogP contribution in [0.2, 0.25) is 0 Å². The summed E-state index contributed by atoms with van der Waals surface area (Å²) in [5.41, 5.74) is -8.50. The molecule has 2 bridgehead atoms. The standard InChI is InChI=1S/C36H43NO15/c1-18(2)30(41)46-17-35-27(50-31(42)22-10-9-12-37-15-22)24(47-19(3)38)14-34(8,44)36(35)28(49-21(5)40)25(33(6,7)52-36)26(48-20(4)39)29(35)51-32(43)23-11-13-45-16-23/h9-13,15-16,18,24-29,44H,14,17H2,1-8H3/t24-,25+,26+,27-,28+,29-,34-,35-,36-/m0/s1. The highest BCUT2D eigenvalue weighted by atomic mass is 16.7. The summed E-state index contributed by atoms with van der Waals surface area (Å²) >= 11 is 0. The van der Waals surface area contributed by atoms with E-state index in [1.807, 2.05) is 0 Å². The Kier molecular flexibility index (Phi) is 10.3. The number of hydrogen-bond acceptors (Lipinski definition) is 16. The van der Waals surface area contributed by atoms with Gasteiger partial charge < -0.3 is 42.7 Å². The molecule has 1 spiro atoms. The Bertz CT molecular complexity index is 1700. The van der Waals surface area contributed by atoms with E-state index in [1.165, 1.54) is 43.8 Å². The van der Waals surface area contributed by atoms with E-state index in [0.29, 0.717) is 0 Å². The van der Waals surface area contributed by atoms with Crippen molar-refractivity contribution in [3.8, 4) is 0 Å². The largest absolute Gasteiger partial charge is 0.472 e. The highest BCUT2D eigenvalue weighted by Gasteiger charge is 2.89. The Balaban J connectivity index is 1.92. The molecular formula is C36H43NO15. The molecule has 0 aromatic carbocycles. The van der Waals surface area contributed by atoms with E-state index in [4.69, 9.17) is 37.6 Å². The Morgan fingerprint density at radius 3 is 2.06 bits per heavy atom. The summed E-state index contributed by atoms with van der Waals surface area (Å²) in [6, 6.07) is 4.19. The van der Waals surface area contributed by atoms with Gasteiger partial charge in [0.05, 0.1) is 40.4 Å². The smallest absolute Gasteiger partial charge is 0.341 e. The molecule has 2 saturated carbocycles. The quantitative estimate of drug-likeness (QED) is 0.275. The summed E-state index contributed by atoms with van der Waals surface area (Å²) in [7, 11) is 0. The fourth-order valence-corrected chi connectivity index (χ4v) is 8.24. The maximum Gasteiger partial charge on any atom is 0.341 e. The summed E-state index contributed by atoms with van der Waals surface area (Å²) in [4.78, 5) is 84.0. The Morgan fingerprint density at radius 1 is 0.865 bits per heavy atom. The van der Waals surface area contributed by atoms with Crippen LogP contribution in [0.3, 0.4) is 0 Å². The van der Waals surface area contributed by atoms with E-state index in [0.717, 1.165) is 27.0 Å². The highest BCUT2D eigenvalue weighted by Crippen LogP contribution is 2.69. The van der Waals surface area contributed by atoms with E-state index >= 15 is 0 Å². The molecular weight excluding hydrogens is 686 g/mol. The lowest BCUT2D eigenvalue weighted by Gasteiger charge is -2.66. The van der Waals surface area contributed by atoms with Crippen LogP contribution in [0.4, 0.5) is 0 Å². The summed E-state index contributed by atoms with van der Waals surface area (Å²) < 4.78 is 48.2. The number of carbonyl (C=O) groups excluding carboxylic acids is 6. The normalized spacial score (nSPS) is 32.9. The third kappa shape index (κ3) is 6.42. The molecule has 0 unspecified atom stereocenters. The molecule has 0 amide bonds. The van der Waals surface area contributed by atoms with Gasteiger partial charge in [0.15, 0.2) is 17.8 Å². The van der Waals surface area contributed by atoms with Gasteiger partial charge in [0, 0.05) is 39.6 Å². The number of aliphatic hydroxyl groups is 1. The molecule has 9 atom stereocenters. The molecule has 16 heteroatoms. The van der Waals surface area contributed by atoms with Gasteiger partial charge in [-0.15, -0.1) is 0 Å². The zero-order valence-electron chi connectivity index (χ0n) is 30.1. The summed E-state index contributed by atoms with van der Waals surface area (Å²) in [5.74, 6) is -7.23. The van der Waals surface area contributed by atoms with E-state index in [2.05, 4.69) is 4.98 Å². The van der Waals surface area contributed by atoms with Crippen LogP contribution in [0.5, 0.6) is 0 Å². The van der Waals surface area contributed by atoms with Crippen molar-refractivity contribution in [3.05, 3.63) is 54.2 Å². The SMILES string of the molecule is CC(=O)O[C@@H]1[C@@H]2[C@@H](OC(C)=O)[C@@]3(OC2(C)C)[C@](COC(=O)C(C)C)([C@H]1OC(=O)c1ccoc1)[C@@H](OC(=O)c1cccnc1)[C@@H](OC(C)=O)C[C@]3(C)O. The van der Waals surface area contributed by atoms with Crippen molar-refractivity contribution in [2.24, 2.45) is 17.3 Å². The number of nitrogens with zero attached hydrogens (tertiary/aromatic N) is 1. The van der Waals surface area contributed by atoms with E-state index < -0.39 is 113 Å². The summed E-state index contributed by atoms with van der Waals surface area (Å²) in [6.45, 7) is 10.1. The van der Waals surface area contributed by atoms with Crippen LogP contribution >= 0.6 is 0 Å². The highest BCUT2D eigenvalue weighted by molar-refractivity contribution is 5.90. The number of furan rings is 1. The van der Waals surface area contributed by atoms with Gasteiger partial charge in [-0.25, -0.2) is 9.59 Å². The fraction of sp³-hybridized carbons (Fsp3) is 0.583. The predicted octanol–water partition coefficient (Wildman–Crippen LogP) is 2.74. The minimum Gasteiger partial charge on any atom is -0.472 e. The fourth-order valence-electron chi connectivity index (χ4n) is 8.24. The molecule has 282 valence electrons. The molecule has 1 aliphatic heterocycles. The molecule has 3 aliphatic rings. The molecule has 52 heavy (non-hydrogen) atoms. The van der Waals surface area contributed by atoms with Crippen molar-refractivity contribution < 1.29 is 71.4 Å². The van der Waals surface area contributed by atoms with Gasteiger partial charge in [0.1, 0.15) is 36.6 Å². The Hall–Kier alpha value is -4.83. The van der Waals surface area contributed by atoms with E-state index in [9.17, 15) is 33.9 Å².